The van der Waals surface area contributed by atoms with Crippen molar-refractivity contribution in [3.8, 4) is 0 Å². The first-order chi connectivity index (χ1) is 7.03. The summed E-state index contributed by atoms with van der Waals surface area (Å²) in [6.45, 7) is -0.0375. The Hall–Kier alpha value is -1.63. The largest absolute Gasteiger partial charge is 0.235 e. The van der Waals surface area contributed by atoms with Gasteiger partial charge >= 0.3 is 0 Å². The average Bonchev–Trinajstić information content (AvgIpc) is 2.99. The molecule has 0 spiro atoms. The smallest absolute Gasteiger partial charge is 0.218 e. The highest BCUT2D eigenvalue weighted by molar-refractivity contribution is 7.92. The topological polar surface area (TPSA) is 80.3 Å². The lowest BCUT2D eigenvalue weighted by molar-refractivity contribution is -0.618. The summed E-state index contributed by atoms with van der Waals surface area (Å²) in [6.07, 6.45) is 0. The Morgan fingerprint density at radius 2 is 1.93 bits per heavy atom. The summed E-state index contributed by atoms with van der Waals surface area (Å²) in [5.41, 5.74) is 0. The predicted octanol–water partition coefficient (Wildman–Crippen LogP) is 0.294. The van der Waals surface area contributed by atoms with Gasteiger partial charge in [-0.2, -0.15) is 0 Å². The molecule has 1 fully saturated rings. The first kappa shape index (κ1) is 9.91. The van der Waals surface area contributed by atoms with E-state index in [1.165, 1.54) is 12.1 Å². The summed E-state index contributed by atoms with van der Waals surface area (Å²) in [5.74, 6) is 0. The fourth-order valence-electron chi connectivity index (χ4n) is 1.31. The van der Waals surface area contributed by atoms with Crippen molar-refractivity contribution in [3.05, 3.63) is 40.4 Å². The summed E-state index contributed by atoms with van der Waals surface area (Å²) in [5, 5.41) is 9.32. The van der Waals surface area contributed by atoms with Crippen molar-refractivity contribution < 1.29 is 13.5 Å². The van der Waals surface area contributed by atoms with Crippen LogP contribution in [-0.4, -0.2) is 30.4 Å². The quantitative estimate of drug-likeness (QED) is 0.422. The Bertz CT molecular complexity index is 485. The van der Waals surface area contributed by atoms with Crippen LogP contribution in [0.2, 0.25) is 0 Å². The number of hydrogen-bond acceptors (Lipinski definition) is 4. The first-order valence-corrected chi connectivity index (χ1v) is 5.78. The van der Waals surface area contributed by atoms with Crippen molar-refractivity contribution in [1.29, 1.82) is 0 Å². The standard InChI is InChI=1S/C8H8N2O4S/c11-10(12)9-6-8(9)15(13,14)7-4-2-1-3-5-7/h1-5,8H,6H2. The molecule has 0 radical (unpaired) electrons. The molecule has 0 saturated carbocycles. The predicted molar refractivity (Wildman–Crippen MR) is 51.1 cm³/mol. The van der Waals surface area contributed by atoms with E-state index in [-0.39, 0.29) is 11.4 Å². The molecule has 7 heteroatoms. The van der Waals surface area contributed by atoms with E-state index in [1.807, 2.05) is 0 Å². The number of sulfone groups is 1. The van der Waals surface area contributed by atoms with Crippen LogP contribution in [0.3, 0.4) is 0 Å². The third-order valence-electron chi connectivity index (χ3n) is 2.18. The van der Waals surface area contributed by atoms with Crippen LogP contribution in [0.4, 0.5) is 0 Å². The van der Waals surface area contributed by atoms with Gasteiger partial charge in [0.1, 0.15) is 6.54 Å². The Kier molecular flexibility index (Phi) is 2.11. The number of hydrogen-bond donors (Lipinski definition) is 0. The number of benzene rings is 1. The van der Waals surface area contributed by atoms with Crippen molar-refractivity contribution in [3.63, 3.8) is 0 Å². The van der Waals surface area contributed by atoms with E-state index < -0.39 is 20.2 Å². The summed E-state index contributed by atoms with van der Waals surface area (Å²) >= 11 is 0. The van der Waals surface area contributed by atoms with Gasteiger partial charge in [0.25, 0.3) is 0 Å². The van der Waals surface area contributed by atoms with Crippen LogP contribution in [0.25, 0.3) is 0 Å². The highest BCUT2D eigenvalue weighted by Crippen LogP contribution is 2.28. The Labute approximate surface area is 86.2 Å². The SMILES string of the molecule is O=[N+]([O-])N1CC1S(=O)(=O)c1ccccc1. The van der Waals surface area contributed by atoms with Crippen LogP contribution in [0.15, 0.2) is 35.2 Å². The molecular formula is C8H8N2O4S. The molecule has 0 aromatic heterocycles. The highest BCUT2D eigenvalue weighted by Gasteiger charge is 2.54. The van der Waals surface area contributed by atoms with Crippen LogP contribution >= 0.6 is 0 Å². The van der Waals surface area contributed by atoms with Gasteiger partial charge in [-0.15, -0.1) is 5.01 Å². The number of nitro groups is 1. The summed E-state index contributed by atoms with van der Waals surface area (Å²) in [6, 6.07) is 7.74. The van der Waals surface area contributed by atoms with Crippen molar-refractivity contribution in [2.24, 2.45) is 0 Å². The van der Waals surface area contributed by atoms with Gasteiger partial charge in [0, 0.05) is 0 Å². The average molecular weight is 228 g/mol. The molecule has 0 aliphatic carbocycles. The van der Waals surface area contributed by atoms with Crippen molar-refractivity contribution >= 4 is 9.84 Å². The normalized spacial score (nSPS) is 20.0. The van der Waals surface area contributed by atoms with Crippen LogP contribution in [0.5, 0.6) is 0 Å². The zero-order valence-electron chi connectivity index (χ0n) is 7.61. The Morgan fingerprint density at radius 1 is 1.33 bits per heavy atom. The van der Waals surface area contributed by atoms with Crippen molar-refractivity contribution in [1.82, 2.24) is 5.01 Å². The molecule has 6 nitrogen and oxygen atoms in total. The highest BCUT2D eigenvalue weighted by atomic mass is 32.2. The molecule has 15 heavy (non-hydrogen) atoms. The molecule has 1 aromatic rings. The van der Waals surface area contributed by atoms with Crippen LogP contribution in [-0.2, 0) is 9.84 Å². The summed E-state index contributed by atoms with van der Waals surface area (Å²) < 4.78 is 23.5. The second-order valence-corrected chi connectivity index (χ2v) is 5.28. The second-order valence-electron chi connectivity index (χ2n) is 3.17. The number of nitrogens with zero attached hydrogens (tertiary/aromatic N) is 2. The van der Waals surface area contributed by atoms with Gasteiger partial charge in [-0.25, -0.2) is 18.5 Å². The van der Waals surface area contributed by atoms with Gasteiger partial charge in [0.2, 0.25) is 15.2 Å². The molecule has 0 N–H and O–H groups in total. The lowest BCUT2D eigenvalue weighted by atomic mass is 10.4. The minimum absolute atomic E-state index is 0.0375. The fourth-order valence-corrected chi connectivity index (χ4v) is 2.91. The van der Waals surface area contributed by atoms with Gasteiger partial charge in [-0.3, -0.25) is 0 Å². The minimum atomic E-state index is -3.58. The van der Waals surface area contributed by atoms with Crippen molar-refractivity contribution in [2.75, 3.05) is 6.54 Å². The molecule has 1 atom stereocenters. The number of hydrazine groups is 1. The van der Waals surface area contributed by atoms with E-state index in [0.29, 0.717) is 5.01 Å². The molecule has 1 heterocycles. The molecule has 1 aliphatic heterocycles. The monoisotopic (exact) mass is 228 g/mol. The van der Waals surface area contributed by atoms with Crippen molar-refractivity contribution in [2.45, 2.75) is 10.3 Å². The molecule has 1 unspecified atom stereocenters. The van der Waals surface area contributed by atoms with Gasteiger partial charge in [0.05, 0.1) is 4.90 Å². The zero-order valence-corrected chi connectivity index (χ0v) is 8.42. The lowest BCUT2D eigenvalue weighted by Gasteiger charge is -2.00. The van der Waals surface area contributed by atoms with Crippen LogP contribution in [0.1, 0.15) is 0 Å². The van der Waals surface area contributed by atoms with E-state index in [2.05, 4.69) is 0 Å². The van der Waals surface area contributed by atoms with Gasteiger partial charge < -0.3 is 0 Å². The van der Waals surface area contributed by atoms with Crippen LogP contribution in [0, 0.1) is 10.1 Å². The first-order valence-electron chi connectivity index (χ1n) is 4.23. The molecule has 1 aromatic carbocycles. The maximum atomic E-state index is 11.8. The molecule has 2 rings (SSSR count). The van der Waals surface area contributed by atoms with Gasteiger partial charge in [-0.05, 0) is 12.1 Å². The molecular weight excluding hydrogens is 220 g/mol. The third kappa shape index (κ3) is 1.65. The van der Waals surface area contributed by atoms with Gasteiger partial charge in [0.15, 0.2) is 5.03 Å². The molecule has 0 bridgehead atoms. The Morgan fingerprint density at radius 3 is 2.40 bits per heavy atom. The van der Waals surface area contributed by atoms with E-state index >= 15 is 0 Å². The van der Waals surface area contributed by atoms with E-state index in [0.717, 1.165) is 0 Å². The second kappa shape index (κ2) is 3.20. The molecule has 1 saturated heterocycles. The third-order valence-corrected chi connectivity index (χ3v) is 4.22. The van der Waals surface area contributed by atoms with Crippen LogP contribution < -0.4 is 0 Å². The molecule has 80 valence electrons. The molecule has 1 aliphatic rings. The number of rotatable bonds is 3. The van der Waals surface area contributed by atoms with E-state index in [1.54, 1.807) is 18.2 Å². The Balaban J connectivity index is 2.28. The summed E-state index contributed by atoms with van der Waals surface area (Å²) in [7, 11) is -3.58. The maximum Gasteiger partial charge on any atom is 0.218 e. The van der Waals surface area contributed by atoms with Gasteiger partial charge in [-0.1, -0.05) is 18.2 Å². The van der Waals surface area contributed by atoms with E-state index in [9.17, 15) is 18.5 Å². The van der Waals surface area contributed by atoms with E-state index in [4.69, 9.17) is 0 Å². The maximum absolute atomic E-state index is 11.8. The fraction of sp³-hybridized carbons (Fsp3) is 0.250. The lowest BCUT2D eigenvalue weighted by Crippen LogP contribution is -2.17. The minimum Gasteiger partial charge on any atom is -0.235 e. The summed E-state index contributed by atoms with van der Waals surface area (Å²) in [4.78, 5) is 10.4. The molecule has 0 amide bonds. The zero-order chi connectivity index (χ0) is 11.1.